The molecule has 1 amide bonds. The molecule has 5 nitrogen and oxygen atoms in total. The topological polar surface area (TPSA) is 78.4 Å². The van der Waals surface area contributed by atoms with Gasteiger partial charge >= 0.3 is 5.97 Å². The molecule has 1 saturated carbocycles. The van der Waals surface area contributed by atoms with Crippen molar-refractivity contribution in [3.05, 3.63) is 0 Å². The Hall–Kier alpha value is -1.10. The zero-order valence-corrected chi connectivity index (χ0v) is 11.8. The first-order chi connectivity index (χ1) is 9.13. The minimum absolute atomic E-state index is 0.0488. The van der Waals surface area contributed by atoms with Crippen LogP contribution in [0.4, 0.5) is 0 Å². The highest BCUT2D eigenvalue weighted by Gasteiger charge is 2.25. The van der Waals surface area contributed by atoms with E-state index in [1.54, 1.807) is 0 Å². The van der Waals surface area contributed by atoms with Crippen LogP contribution in [0.3, 0.4) is 0 Å². The molecule has 0 spiro atoms. The largest absolute Gasteiger partial charge is 0.481 e. The summed E-state index contributed by atoms with van der Waals surface area (Å²) < 4.78 is 0. The monoisotopic (exact) mass is 270 g/mol. The SMILES string of the molecule is CCCCNC(=O)CNCC1CCC(C(=O)O)CC1. The Labute approximate surface area is 115 Å². The van der Waals surface area contributed by atoms with Crippen molar-refractivity contribution in [3.63, 3.8) is 0 Å². The number of aliphatic carboxylic acids is 1. The van der Waals surface area contributed by atoms with Crippen molar-refractivity contribution in [1.29, 1.82) is 0 Å². The summed E-state index contributed by atoms with van der Waals surface area (Å²) in [7, 11) is 0. The van der Waals surface area contributed by atoms with Crippen molar-refractivity contribution < 1.29 is 14.7 Å². The molecule has 1 rings (SSSR count). The number of rotatable bonds is 8. The van der Waals surface area contributed by atoms with E-state index in [1.807, 2.05) is 0 Å². The van der Waals surface area contributed by atoms with Gasteiger partial charge in [-0.3, -0.25) is 9.59 Å². The molecule has 1 aliphatic carbocycles. The number of carboxylic acid groups (broad SMARTS) is 1. The van der Waals surface area contributed by atoms with Gasteiger partial charge in [0.15, 0.2) is 0 Å². The Bertz CT molecular complexity index is 286. The van der Waals surface area contributed by atoms with Crippen molar-refractivity contribution in [2.75, 3.05) is 19.6 Å². The number of nitrogens with one attached hydrogen (secondary N) is 2. The van der Waals surface area contributed by atoms with Gasteiger partial charge in [0.05, 0.1) is 12.5 Å². The van der Waals surface area contributed by atoms with E-state index in [4.69, 9.17) is 5.11 Å². The molecular formula is C14H26N2O3. The second-order valence-electron chi connectivity index (χ2n) is 5.39. The van der Waals surface area contributed by atoms with Crippen LogP contribution in [0.15, 0.2) is 0 Å². The maximum Gasteiger partial charge on any atom is 0.306 e. The molecular weight excluding hydrogens is 244 g/mol. The summed E-state index contributed by atoms with van der Waals surface area (Å²) in [6.07, 6.45) is 5.53. The molecule has 0 bridgehead atoms. The fourth-order valence-corrected chi connectivity index (χ4v) is 2.47. The predicted octanol–water partition coefficient (Wildman–Crippen LogP) is 1.38. The highest BCUT2D eigenvalue weighted by atomic mass is 16.4. The van der Waals surface area contributed by atoms with Crippen molar-refractivity contribution in [3.8, 4) is 0 Å². The Balaban J connectivity index is 2.04. The second kappa shape index (κ2) is 8.91. The lowest BCUT2D eigenvalue weighted by atomic mass is 9.82. The summed E-state index contributed by atoms with van der Waals surface area (Å²) >= 11 is 0. The first kappa shape index (κ1) is 16.0. The number of hydrogen-bond acceptors (Lipinski definition) is 3. The zero-order chi connectivity index (χ0) is 14.1. The van der Waals surface area contributed by atoms with Crippen molar-refractivity contribution >= 4 is 11.9 Å². The van der Waals surface area contributed by atoms with Crippen molar-refractivity contribution in [1.82, 2.24) is 10.6 Å². The van der Waals surface area contributed by atoms with E-state index in [1.165, 1.54) is 0 Å². The van der Waals surface area contributed by atoms with Crippen LogP contribution in [0.2, 0.25) is 0 Å². The van der Waals surface area contributed by atoms with E-state index in [0.717, 1.165) is 51.6 Å². The van der Waals surface area contributed by atoms with Gasteiger partial charge in [-0.2, -0.15) is 0 Å². The summed E-state index contributed by atoms with van der Waals surface area (Å²) in [6, 6.07) is 0. The normalized spacial score (nSPS) is 23.0. The van der Waals surface area contributed by atoms with Gasteiger partial charge in [-0.15, -0.1) is 0 Å². The molecule has 0 aliphatic heterocycles. The van der Waals surface area contributed by atoms with Crippen molar-refractivity contribution in [2.45, 2.75) is 45.4 Å². The molecule has 110 valence electrons. The number of hydrogen-bond donors (Lipinski definition) is 3. The molecule has 0 aromatic rings. The van der Waals surface area contributed by atoms with E-state index in [0.29, 0.717) is 12.5 Å². The summed E-state index contributed by atoms with van der Waals surface area (Å²) in [5.41, 5.74) is 0. The van der Waals surface area contributed by atoms with Crippen LogP contribution < -0.4 is 10.6 Å². The molecule has 0 unspecified atom stereocenters. The van der Waals surface area contributed by atoms with E-state index in [-0.39, 0.29) is 11.8 Å². The van der Waals surface area contributed by atoms with Crippen LogP contribution in [0, 0.1) is 11.8 Å². The van der Waals surface area contributed by atoms with Gasteiger partial charge in [0.1, 0.15) is 0 Å². The van der Waals surface area contributed by atoms with Crippen molar-refractivity contribution in [2.24, 2.45) is 11.8 Å². The van der Waals surface area contributed by atoms with Gasteiger partial charge in [0.25, 0.3) is 0 Å². The van der Waals surface area contributed by atoms with Crippen LogP contribution in [0.25, 0.3) is 0 Å². The second-order valence-corrected chi connectivity index (χ2v) is 5.39. The number of amides is 1. The fourth-order valence-electron chi connectivity index (χ4n) is 2.47. The lowest BCUT2D eigenvalue weighted by Gasteiger charge is -2.26. The molecule has 0 radical (unpaired) electrons. The number of carbonyl (C=O) groups is 2. The number of carboxylic acids is 1. The molecule has 19 heavy (non-hydrogen) atoms. The average molecular weight is 270 g/mol. The lowest BCUT2D eigenvalue weighted by Crippen LogP contribution is -2.37. The summed E-state index contributed by atoms with van der Waals surface area (Å²) in [4.78, 5) is 22.3. The zero-order valence-electron chi connectivity index (χ0n) is 11.8. The van der Waals surface area contributed by atoms with E-state index in [9.17, 15) is 9.59 Å². The van der Waals surface area contributed by atoms with E-state index < -0.39 is 5.97 Å². The summed E-state index contributed by atoms with van der Waals surface area (Å²) in [6.45, 7) is 4.02. The quantitative estimate of drug-likeness (QED) is 0.582. The van der Waals surface area contributed by atoms with Gasteiger partial charge in [0, 0.05) is 6.54 Å². The third kappa shape index (κ3) is 6.57. The van der Waals surface area contributed by atoms with Gasteiger partial charge in [-0.25, -0.2) is 0 Å². The first-order valence-electron chi connectivity index (χ1n) is 7.33. The highest BCUT2D eigenvalue weighted by molar-refractivity contribution is 5.77. The number of unbranched alkanes of at least 4 members (excludes halogenated alkanes) is 1. The minimum Gasteiger partial charge on any atom is -0.481 e. The molecule has 1 fully saturated rings. The van der Waals surface area contributed by atoms with Gasteiger partial charge in [0.2, 0.25) is 5.91 Å². The third-order valence-electron chi connectivity index (χ3n) is 3.77. The minimum atomic E-state index is -0.665. The summed E-state index contributed by atoms with van der Waals surface area (Å²) in [5.74, 6) is -0.262. The maximum atomic E-state index is 11.4. The van der Waals surface area contributed by atoms with Crippen LogP contribution in [0.5, 0.6) is 0 Å². The molecule has 0 aromatic heterocycles. The molecule has 1 aliphatic rings. The standard InChI is InChI=1S/C14H26N2O3/c1-2-3-8-16-13(17)10-15-9-11-4-6-12(7-5-11)14(18)19/h11-12,15H,2-10H2,1H3,(H,16,17)(H,18,19). The molecule has 5 heteroatoms. The van der Waals surface area contributed by atoms with Crippen LogP contribution in [0.1, 0.15) is 45.4 Å². The fraction of sp³-hybridized carbons (Fsp3) is 0.857. The van der Waals surface area contributed by atoms with E-state index in [2.05, 4.69) is 17.6 Å². The highest BCUT2D eigenvalue weighted by Crippen LogP contribution is 2.28. The molecule has 3 N–H and O–H groups in total. The third-order valence-corrected chi connectivity index (χ3v) is 3.77. The smallest absolute Gasteiger partial charge is 0.306 e. The summed E-state index contributed by atoms with van der Waals surface area (Å²) in [5, 5.41) is 14.9. The van der Waals surface area contributed by atoms with Crippen LogP contribution >= 0.6 is 0 Å². The first-order valence-corrected chi connectivity index (χ1v) is 7.33. The van der Waals surface area contributed by atoms with Gasteiger partial charge in [-0.1, -0.05) is 13.3 Å². The average Bonchev–Trinajstić information content (AvgIpc) is 2.39. The molecule has 0 aromatic carbocycles. The predicted molar refractivity (Wildman–Crippen MR) is 73.9 cm³/mol. The van der Waals surface area contributed by atoms with E-state index >= 15 is 0 Å². The Morgan fingerprint density at radius 1 is 1.21 bits per heavy atom. The molecule has 0 heterocycles. The number of carbonyl (C=O) groups excluding carboxylic acids is 1. The van der Waals surface area contributed by atoms with Crippen LogP contribution in [-0.4, -0.2) is 36.6 Å². The van der Waals surface area contributed by atoms with Gasteiger partial charge < -0.3 is 15.7 Å². The Morgan fingerprint density at radius 2 is 1.89 bits per heavy atom. The lowest BCUT2D eigenvalue weighted by molar-refractivity contribution is -0.143. The van der Waals surface area contributed by atoms with Crippen LogP contribution in [-0.2, 0) is 9.59 Å². The Kier molecular flexibility index (Phi) is 7.48. The maximum absolute atomic E-state index is 11.4. The van der Waals surface area contributed by atoms with Gasteiger partial charge in [-0.05, 0) is 44.6 Å². The molecule has 0 atom stereocenters. The Morgan fingerprint density at radius 3 is 2.47 bits per heavy atom. The molecule has 0 saturated heterocycles.